The van der Waals surface area contributed by atoms with Crippen molar-refractivity contribution in [2.45, 2.75) is 37.1 Å². The molecule has 2 heterocycles. The van der Waals surface area contributed by atoms with Crippen molar-refractivity contribution in [3.63, 3.8) is 0 Å². The molecule has 2 aliphatic heterocycles. The Hall–Kier alpha value is -3.33. The normalized spacial score (nSPS) is 24.4. The summed E-state index contributed by atoms with van der Waals surface area (Å²) in [5.41, 5.74) is 0.953. The van der Waals surface area contributed by atoms with E-state index >= 15 is 0 Å². The SMILES string of the molecule is COc1cc([C@@H]2[C@H](C)N[C@@]3(C(=O)Nc4ccccc43)[C@@H]2[N+](=O)[O-])cc(Cl)c1OCc1ccccc1Cl. The third kappa shape index (κ3) is 3.77. The van der Waals surface area contributed by atoms with E-state index in [1.54, 1.807) is 42.5 Å². The lowest BCUT2D eigenvalue weighted by Gasteiger charge is -2.25. The second kappa shape index (κ2) is 9.28. The van der Waals surface area contributed by atoms with Gasteiger partial charge in [0.05, 0.1) is 18.1 Å². The Labute approximate surface area is 217 Å². The summed E-state index contributed by atoms with van der Waals surface area (Å²) in [5.74, 6) is -0.493. The molecule has 8 nitrogen and oxygen atoms in total. The number of methoxy groups -OCH3 is 1. The number of rotatable bonds is 6. The number of nitrogens with zero attached hydrogens (tertiary/aromatic N) is 1. The monoisotopic (exact) mass is 527 g/mol. The highest BCUT2D eigenvalue weighted by molar-refractivity contribution is 6.32. The first-order chi connectivity index (χ1) is 17.3. The number of nitro groups is 1. The van der Waals surface area contributed by atoms with Gasteiger partial charge >= 0.3 is 0 Å². The van der Waals surface area contributed by atoms with Crippen LogP contribution < -0.4 is 20.1 Å². The predicted molar refractivity (Wildman–Crippen MR) is 137 cm³/mol. The molecule has 4 atom stereocenters. The lowest BCUT2D eigenvalue weighted by Crippen LogP contribution is -2.54. The second-order valence-electron chi connectivity index (χ2n) is 8.91. The van der Waals surface area contributed by atoms with Crippen LogP contribution in [0.25, 0.3) is 0 Å². The van der Waals surface area contributed by atoms with Crippen molar-refractivity contribution in [2.75, 3.05) is 12.4 Å². The zero-order valence-corrected chi connectivity index (χ0v) is 21.0. The van der Waals surface area contributed by atoms with Crippen molar-refractivity contribution in [3.8, 4) is 11.5 Å². The smallest absolute Gasteiger partial charge is 0.256 e. The van der Waals surface area contributed by atoms with Crippen LogP contribution in [-0.2, 0) is 16.9 Å². The third-order valence-corrected chi connectivity index (χ3v) is 7.58. The van der Waals surface area contributed by atoms with Gasteiger partial charge in [0.2, 0.25) is 0 Å². The van der Waals surface area contributed by atoms with E-state index in [9.17, 15) is 14.9 Å². The van der Waals surface area contributed by atoms with Crippen molar-refractivity contribution < 1.29 is 19.2 Å². The molecule has 5 rings (SSSR count). The van der Waals surface area contributed by atoms with Gasteiger partial charge in [-0.2, -0.15) is 0 Å². The number of amides is 1. The van der Waals surface area contributed by atoms with Crippen LogP contribution in [-0.4, -0.2) is 30.0 Å². The molecule has 0 unspecified atom stereocenters. The first kappa shape index (κ1) is 24.4. The minimum Gasteiger partial charge on any atom is -0.493 e. The molecule has 10 heteroatoms. The minimum atomic E-state index is -1.51. The van der Waals surface area contributed by atoms with Gasteiger partial charge in [-0.15, -0.1) is 0 Å². The Morgan fingerprint density at radius 2 is 1.81 bits per heavy atom. The summed E-state index contributed by atoms with van der Waals surface area (Å²) in [5, 5.41) is 19.4. The van der Waals surface area contributed by atoms with Crippen LogP contribution >= 0.6 is 23.2 Å². The molecule has 0 aliphatic carbocycles. The highest BCUT2D eigenvalue weighted by atomic mass is 35.5. The van der Waals surface area contributed by atoms with E-state index in [1.165, 1.54) is 7.11 Å². The predicted octanol–water partition coefficient (Wildman–Crippen LogP) is 5.15. The lowest BCUT2D eigenvalue weighted by atomic mass is 9.78. The fourth-order valence-corrected chi connectivity index (χ4v) is 5.86. The molecular formula is C26H23Cl2N3O5. The Morgan fingerprint density at radius 1 is 1.08 bits per heavy atom. The molecule has 2 N–H and O–H groups in total. The van der Waals surface area contributed by atoms with E-state index < -0.39 is 29.4 Å². The maximum Gasteiger partial charge on any atom is 0.256 e. The van der Waals surface area contributed by atoms with Crippen LogP contribution in [0.1, 0.15) is 29.5 Å². The molecule has 2 aliphatic rings. The van der Waals surface area contributed by atoms with Crippen molar-refractivity contribution >= 4 is 34.8 Å². The van der Waals surface area contributed by atoms with Gasteiger partial charge in [-0.1, -0.05) is 59.6 Å². The number of para-hydroxylation sites is 1. The number of carbonyl (C=O) groups excluding carboxylic acids is 1. The summed E-state index contributed by atoms with van der Waals surface area (Å²) in [6.07, 6.45) is 0. The average molecular weight is 528 g/mol. The highest BCUT2D eigenvalue weighted by Crippen LogP contribution is 2.51. The van der Waals surface area contributed by atoms with Crippen LogP contribution in [0.3, 0.4) is 0 Å². The number of hydrogen-bond donors (Lipinski definition) is 2. The molecule has 1 saturated heterocycles. The van der Waals surface area contributed by atoms with Crippen molar-refractivity contribution in [1.29, 1.82) is 0 Å². The van der Waals surface area contributed by atoms with Crippen LogP contribution in [0, 0.1) is 10.1 Å². The summed E-state index contributed by atoms with van der Waals surface area (Å²) < 4.78 is 11.5. The van der Waals surface area contributed by atoms with Crippen molar-refractivity contribution in [3.05, 3.63) is 97.5 Å². The standard InChI is InChI=1S/C26H23Cl2N3O5/c1-14-22(24(31(33)34)26(30-14)17-8-4-6-10-20(17)29-25(26)32)16-11-19(28)23(21(12-16)35-2)36-13-15-7-3-5-9-18(15)27/h3-12,14,22,24,30H,13H2,1-2H3,(H,29,32)/t14-,22-,24+,26+/m0/s1. The maximum absolute atomic E-state index is 13.2. The van der Waals surface area contributed by atoms with Crippen LogP contribution in [0.15, 0.2) is 60.7 Å². The summed E-state index contributed by atoms with van der Waals surface area (Å²) in [6.45, 7) is 1.99. The summed E-state index contributed by atoms with van der Waals surface area (Å²) in [7, 11) is 1.47. The number of benzene rings is 3. The fraction of sp³-hybridized carbons (Fsp3) is 0.269. The summed E-state index contributed by atoms with van der Waals surface area (Å²) in [4.78, 5) is 25.4. The number of nitrogens with one attached hydrogen (secondary N) is 2. The Balaban J connectivity index is 1.54. The van der Waals surface area contributed by atoms with E-state index in [1.807, 2.05) is 25.1 Å². The van der Waals surface area contributed by atoms with Gasteiger partial charge in [0.15, 0.2) is 17.0 Å². The summed E-state index contributed by atoms with van der Waals surface area (Å²) in [6, 6.07) is 15.9. The Bertz CT molecular complexity index is 1370. The quantitative estimate of drug-likeness (QED) is 0.339. The number of anilines is 1. The first-order valence-electron chi connectivity index (χ1n) is 11.3. The van der Waals surface area contributed by atoms with E-state index in [2.05, 4.69) is 10.6 Å². The number of ether oxygens (including phenoxy) is 2. The number of halogens is 2. The molecule has 0 radical (unpaired) electrons. The lowest BCUT2D eigenvalue weighted by molar-refractivity contribution is -0.532. The molecule has 1 fully saturated rings. The second-order valence-corrected chi connectivity index (χ2v) is 9.73. The topological polar surface area (TPSA) is 103 Å². The van der Waals surface area contributed by atoms with Crippen LogP contribution in [0.4, 0.5) is 5.69 Å². The van der Waals surface area contributed by atoms with E-state index in [-0.39, 0.29) is 16.6 Å². The zero-order valence-electron chi connectivity index (χ0n) is 19.5. The Kier molecular flexibility index (Phi) is 6.28. The van der Waals surface area contributed by atoms with E-state index in [0.29, 0.717) is 33.3 Å². The third-order valence-electron chi connectivity index (χ3n) is 6.93. The maximum atomic E-state index is 13.2. The van der Waals surface area contributed by atoms with E-state index in [4.69, 9.17) is 32.7 Å². The van der Waals surface area contributed by atoms with Gasteiger partial charge in [0, 0.05) is 32.8 Å². The molecular weight excluding hydrogens is 505 g/mol. The van der Waals surface area contributed by atoms with Crippen molar-refractivity contribution in [2.24, 2.45) is 0 Å². The molecule has 186 valence electrons. The van der Waals surface area contributed by atoms with Gasteiger partial charge in [-0.25, -0.2) is 0 Å². The van der Waals surface area contributed by atoms with Gasteiger partial charge < -0.3 is 14.8 Å². The Morgan fingerprint density at radius 3 is 2.53 bits per heavy atom. The largest absolute Gasteiger partial charge is 0.493 e. The minimum absolute atomic E-state index is 0.161. The first-order valence-corrected chi connectivity index (χ1v) is 12.1. The molecule has 1 spiro atoms. The van der Waals surface area contributed by atoms with Crippen LogP contribution in [0.2, 0.25) is 10.0 Å². The molecule has 0 saturated carbocycles. The molecule has 0 bridgehead atoms. The molecule has 3 aromatic carbocycles. The molecule has 1 amide bonds. The van der Waals surface area contributed by atoms with E-state index in [0.717, 1.165) is 5.56 Å². The molecule has 3 aromatic rings. The number of fused-ring (bicyclic) bond motifs is 2. The van der Waals surface area contributed by atoms with Crippen LogP contribution in [0.5, 0.6) is 11.5 Å². The van der Waals surface area contributed by atoms with Crippen molar-refractivity contribution in [1.82, 2.24) is 5.32 Å². The van der Waals surface area contributed by atoms with Gasteiger partial charge in [-0.3, -0.25) is 20.2 Å². The highest BCUT2D eigenvalue weighted by Gasteiger charge is 2.67. The van der Waals surface area contributed by atoms with Gasteiger partial charge in [0.1, 0.15) is 6.61 Å². The van der Waals surface area contributed by atoms with Gasteiger partial charge in [-0.05, 0) is 36.8 Å². The fourth-order valence-electron chi connectivity index (χ4n) is 5.39. The zero-order chi connectivity index (χ0) is 25.6. The summed E-state index contributed by atoms with van der Waals surface area (Å²) >= 11 is 12.9. The molecule has 0 aromatic heterocycles. The number of carbonyl (C=O) groups is 1. The van der Waals surface area contributed by atoms with Gasteiger partial charge in [0.25, 0.3) is 11.9 Å². The molecule has 36 heavy (non-hydrogen) atoms. The number of hydrogen-bond acceptors (Lipinski definition) is 6. The average Bonchev–Trinajstić information content (AvgIpc) is 3.32.